The first-order valence-corrected chi connectivity index (χ1v) is 24.1. The number of benzene rings is 6. The summed E-state index contributed by atoms with van der Waals surface area (Å²) in [7, 11) is 1.08. The van der Waals surface area contributed by atoms with Crippen molar-refractivity contribution >= 4 is 31.1 Å². The molecule has 0 bridgehead atoms. The zero-order chi connectivity index (χ0) is 44.6. The quantitative estimate of drug-likeness (QED) is 0.122. The Morgan fingerprint density at radius 1 is 0.339 bits per heavy atom. The number of fused-ring (bicyclic) bond motifs is 2. The molecule has 2 heteroatoms. The zero-order valence-electron chi connectivity index (χ0n) is 40.5. The molecule has 0 nitrogen and oxygen atoms in total. The summed E-state index contributed by atoms with van der Waals surface area (Å²) in [5.74, 6) is 0. The van der Waals surface area contributed by atoms with E-state index in [1.54, 1.807) is 0 Å². The molecule has 0 aliphatic heterocycles. The number of hydrogen-bond acceptors (Lipinski definition) is 0. The molecule has 0 heterocycles. The van der Waals surface area contributed by atoms with E-state index in [9.17, 15) is 0 Å². The molecule has 0 aliphatic carbocycles. The normalized spacial score (nSPS) is 11.5. The summed E-state index contributed by atoms with van der Waals surface area (Å²) < 4.78 is 0. The summed E-state index contributed by atoms with van der Waals surface area (Å²) in [6, 6.07) is 46.4. The SMILES string of the molecule is C[Si]C.Cc1cc(C)cc(-c2ccc(-c3cc(C)cc(C)c3)c3[cH-]c(C(C)(C)C)cc23)c1.Cc1cc(C)cc(-c2ccc(-c3cc(C)cc(C)c3)c3[cH-]c(C(C)(C)C)cc23)c1.[Zr+2]. The molecule has 0 spiro atoms. The van der Waals surface area contributed by atoms with Gasteiger partial charge in [-0.3, -0.25) is 0 Å². The first kappa shape index (κ1) is 48.7. The van der Waals surface area contributed by atoms with Crippen LogP contribution < -0.4 is 0 Å². The molecule has 0 aliphatic rings. The van der Waals surface area contributed by atoms with Crippen LogP contribution in [-0.4, -0.2) is 9.52 Å². The second-order valence-electron chi connectivity index (χ2n) is 20.0. The minimum atomic E-state index is 0. The average molecular weight is 909 g/mol. The van der Waals surface area contributed by atoms with Gasteiger partial charge in [-0.1, -0.05) is 230 Å². The van der Waals surface area contributed by atoms with Crippen LogP contribution >= 0.6 is 0 Å². The molecule has 0 fully saturated rings. The molecule has 0 aromatic heterocycles. The molecule has 0 saturated heterocycles. The van der Waals surface area contributed by atoms with Gasteiger partial charge in [-0.05, 0) is 77.3 Å². The molecular weight excluding hydrogens is 840 g/mol. The van der Waals surface area contributed by atoms with Gasteiger partial charge in [0.2, 0.25) is 0 Å². The smallest absolute Gasteiger partial charge is 0.164 e. The van der Waals surface area contributed by atoms with Gasteiger partial charge in [0, 0.05) is 9.52 Å². The molecule has 0 unspecified atom stereocenters. The summed E-state index contributed by atoms with van der Waals surface area (Å²) >= 11 is 0. The number of rotatable bonds is 4. The van der Waals surface area contributed by atoms with Crippen molar-refractivity contribution < 1.29 is 26.2 Å². The van der Waals surface area contributed by atoms with Crippen molar-refractivity contribution in [2.75, 3.05) is 0 Å². The van der Waals surface area contributed by atoms with E-state index in [1.807, 2.05) is 0 Å². The third kappa shape index (κ3) is 11.2. The first-order chi connectivity index (χ1) is 28.6. The molecule has 2 radical (unpaired) electrons. The minimum absolute atomic E-state index is 0. The van der Waals surface area contributed by atoms with Crippen LogP contribution in [0.1, 0.15) is 97.2 Å². The Labute approximate surface area is 396 Å². The Bertz CT molecular complexity index is 2390. The van der Waals surface area contributed by atoms with Gasteiger partial charge in [0.15, 0.2) is 0 Å². The summed E-state index contributed by atoms with van der Waals surface area (Å²) in [5.41, 5.74) is 24.1. The van der Waals surface area contributed by atoms with Crippen molar-refractivity contribution in [3.05, 3.63) is 177 Å². The second-order valence-corrected chi connectivity index (χ2v) is 21.0. The number of aryl methyl sites for hydroxylation is 8. The molecule has 0 atom stereocenters. The number of hydrogen-bond donors (Lipinski definition) is 0. The van der Waals surface area contributed by atoms with E-state index in [1.165, 1.54) is 122 Å². The fourth-order valence-electron chi connectivity index (χ4n) is 8.99. The maximum absolute atomic E-state index is 2.41. The Balaban J connectivity index is 0.000000217. The molecule has 0 amide bonds. The van der Waals surface area contributed by atoms with Crippen molar-refractivity contribution in [3.63, 3.8) is 0 Å². The van der Waals surface area contributed by atoms with E-state index in [-0.39, 0.29) is 37.0 Å². The van der Waals surface area contributed by atoms with Crippen molar-refractivity contribution in [1.82, 2.24) is 0 Å². The molecule has 0 saturated carbocycles. The zero-order valence-corrected chi connectivity index (χ0v) is 44.0. The van der Waals surface area contributed by atoms with Crippen LogP contribution in [-0.2, 0) is 37.0 Å². The predicted molar refractivity (Wildman–Crippen MR) is 274 cm³/mol. The van der Waals surface area contributed by atoms with E-state index in [0.29, 0.717) is 0 Å². The van der Waals surface area contributed by atoms with E-state index in [0.717, 1.165) is 9.52 Å². The van der Waals surface area contributed by atoms with Crippen LogP contribution in [0.2, 0.25) is 13.1 Å². The van der Waals surface area contributed by atoms with Gasteiger partial charge in [-0.25, -0.2) is 0 Å². The van der Waals surface area contributed by atoms with Crippen molar-refractivity contribution in [3.8, 4) is 44.5 Å². The predicted octanol–water partition coefficient (Wildman–Crippen LogP) is 17.6. The van der Waals surface area contributed by atoms with E-state index in [4.69, 9.17) is 0 Å². The molecule has 8 aromatic carbocycles. The standard InChI is InChI=1S/2C29H31.C2H6Si.Zr/c2*1-18-10-19(2)13-22(12-18)25-8-9-26(23-14-20(3)11-21(4)15-23)28-17-24(16-27(25)28)29(5,6)7;1-3-2;/h2*8-17H,1-7H3;1-2H3;/q2*-1;;+2. The Morgan fingerprint density at radius 3 is 0.774 bits per heavy atom. The van der Waals surface area contributed by atoms with Crippen LogP contribution in [0, 0.1) is 55.4 Å². The third-order valence-corrected chi connectivity index (χ3v) is 11.6. The second kappa shape index (κ2) is 19.6. The summed E-state index contributed by atoms with van der Waals surface area (Å²) in [5, 5.41) is 5.43. The molecule has 8 aromatic rings. The van der Waals surface area contributed by atoms with Gasteiger partial charge in [-0.15, -0.1) is 44.8 Å². The minimum Gasteiger partial charge on any atom is -0.164 e. The van der Waals surface area contributed by atoms with Crippen LogP contribution in [0.5, 0.6) is 0 Å². The molecule has 0 N–H and O–H groups in total. The van der Waals surface area contributed by atoms with Gasteiger partial charge in [0.1, 0.15) is 0 Å². The molecular formula is C60H68SiZr. The van der Waals surface area contributed by atoms with Crippen molar-refractivity contribution in [2.24, 2.45) is 0 Å². The molecule has 316 valence electrons. The van der Waals surface area contributed by atoms with Gasteiger partial charge in [0.25, 0.3) is 0 Å². The van der Waals surface area contributed by atoms with E-state index in [2.05, 4.69) is 231 Å². The Hall–Kier alpha value is -4.36. The van der Waals surface area contributed by atoms with Crippen LogP contribution in [0.25, 0.3) is 66.1 Å². The van der Waals surface area contributed by atoms with Crippen molar-refractivity contribution in [1.29, 1.82) is 0 Å². The van der Waals surface area contributed by atoms with E-state index >= 15 is 0 Å². The van der Waals surface area contributed by atoms with Crippen LogP contribution in [0.3, 0.4) is 0 Å². The molecule has 62 heavy (non-hydrogen) atoms. The Morgan fingerprint density at radius 2 is 0.548 bits per heavy atom. The van der Waals surface area contributed by atoms with Gasteiger partial charge in [-0.2, -0.15) is 12.1 Å². The molecule has 8 rings (SSSR count). The van der Waals surface area contributed by atoms with Crippen molar-refractivity contribution in [2.45, 2.75) is 121 Å². The summed E-state index contributed by atoms with van der Waals surface area (Å²) in [4.78, 5) is 0. The summed E-state index contributed by atoms with van der Waals surface area (Å²) in [6.45, 7) is 35.6. The van der Waals surface area contributed by atoms with Gasteiger partial charge < -0.3 is 0 Å². The van der Waals surface area contributed by atoms with Crippen LogP contribution in [0.4, 0.5) is 0 Å². The maximum atomic E-state index is 2.41. The van der Waals surface area contributed by atoms with E-state index < -0.39 is 0 Å². The van der Waals surface area contributed by atoms with Crippen LogP contribution in [0.15, 0.2) is 121 Å². The average Bonchev–Trinajstić information content (AvgIpc) is 3.80. The first-order valence-electron chi connectivity index (χ1n) is 22.1. The monoisotopic (exact) mass is 906 g/mol. The third-order valence-electron chi connectivity index (χ3n) is 11.6. The van der Waals surface area contributed by atoms with Gasteiger partial charge >= 0.3 is 26.2 Å². The Kier molecular flexibility index (Phi) is 15.4. The topological polar surface area (TPSA) is 0 Å². The maximum Gasteiger partial charge on any atom is 2.00 e. The fourth-order valence-corrected chi connectivity index (χ4v) is 8.99. The summed E-state index contributed by atoms with van der Waals surface area (Å²) in [6.07, 6.45) is 0. The fraction of sp³-hybridized carbons (Fsp3) is 0.300. The largest absolute Gasteiger partial charge is 2.00 e. The van der Waals surface area contributed by atoms with Gasteiger partial charge in [0.05, 0.1) is 0 Å².